The molecule has 1 saturated heterocycles. The predicted octanol–water partition coefficient (Wildman–Crippen LogP) is 3.78. The van der Waals surface area contributed by atoms with Crippen LogP contribution in [0.2, 0.25) is 0 Å². The molecular weight excluding hydrogens is 386 g/mol. The molecule has 1 aromatic heterocycles. The Labute approximate surface area is 171 Å². The summed E-state index contributed by atoms with van der Waals surface area (Å²) in [6.45, 7) is 1.84. The van der Waals surface area contributed by atoms with Crippen molar-refractivity contribution in [3.8, 4) is 17.0 Å². The number of anilines is 1. The number of hydrogen-bond acceptors (Lipinski definition) is 5. The number of fused-ring (bicyclic) bond motifs is 4. The number of hydrogen-bond donors (Lipinski definition) is 2. The molecule has 0 aliphatic carbocycles. The molecule has 5 rings (SSSR count). The zero-order valence-electron chi connectivity index (χ0n) is 15.7. The van der Waals surface area contributed by atoms with Crippen LogP contribution in [0.1, 0.15) is 24.8 Å². The molecule has 2 aromatic carbocycles. The largest absolute Gasteiger partial charge is 0.468 e. The number of rotatable bonds is 3. The molecule has 0 spiro atoms. The van der Waals surface area contributed by atoms with Gasteiger partial charge in [-0.3, -0.25) is 9.59 Å². The van der Waals surface area contributed by atoms with Gasteiger partial charge in [-0.05, 0) is 18.6 Å². The second-order valence-corrected chi connectivity index (χ2v) is 8.40. The minimum Gasteiger partial charge on any atom is -0.468 e. The molecule has 2 aliphatic heterocycles. The van der Waals surface area contributed by atoms with Crippen LogP contribution in [0.5, 0.6) is 5.75 Å². The molecule has 2 N–H and O–H groups in total. The molecular formula is C22H19N3O3S. The first-order valence-electron chi connectivity index (χ1n) is 9.44. The van der Waals surface area contributed by atoms with Crippen LogP contribution >= 0.6 is 11.3 Å². The second kappa shape index (κ2) is 6.70. The summed E-state index contributed by atoms with van der Waals surface area (Å²) in [7, 11) is 0. The molecule has 146 valence electrons. The zero-order chi connectivity index (χ0) is 20.0. The number of carbonyl (C=O) groups is 2. The molecule has 29 heavy (non-hydrogen) atoms. The first-order chi connectivity index (χ1) is 14.0. The van der Waals surface area contributed by atoms with Crippen LogP contribution in [-0.2, 0) is 9.59 Å². The zero-order valence-corrected chi connectivity index (χ0v) is 16.5. The summed E-state index contributed by atoms with van der Waals surface area (Å²) in [5.41, 5.74) is 1.87. The third-order valence-corrected chi connectivity index (χ3v) is 6.18. The fraction of sp³-hybridized carbons (Fsp3) is 0.227. The Morgan fingerprint density at radius 2 is 1.97 bits per heavy atom. The Kier molecular flexibility index (Phi) is 4.13. The van der Waals surface area contributed by atoms with Gasteiger partial charge in [-0.2, -0.15) is 0 Å². The molecule has 3 atom stereocenters. The van der Waals surface area contributed by atoms with Crippen LogP contribution in [0.15, 0.2) is 60.0 Å². The molecule has 0 radical (unpaired) electrons. The Balaban J connectivity index is 1.42. The van der Waals surface area contributed by atoms with Gasteiger partial charge in [-0.25, -0.2) is 4.98 Å². The molecule has 2 amide bonds. The average molecular weight is 405 g/mol. The minimum atomic E-state index is -0.836. The third kappa shape index (κ3) is 3.17. The molecule has 1 fully saturated rings. The highest BCUT2D eigenvalue weighted by Crippen LogP contribution is 2.46. The van der Waals surface area contributed by atoms with Gasteiger partial charge in [0, 0.05) is 23.3 Å². The summed E-state index contributed by atoms with van der Waals surface area (Å²) >= 11 is 1.35. The van der Waals surface area contributed by atoms with Crippen LogP contribution in [0.4, 0.5) is 5.13 Å². The Morgan fingerprint density at radius 1 is 1.21 bits per heavy atom. The maximum absolute atomic E-state index is 13.1. The first kappa shape index (κ1) is 17.9. The van der Waals surface area contributed by atoms with Crippen molar-refractivity contribution in [3.63, 3.8) is 0 Å². The number of amides is 2. The normalized spacial score (nSPS) is 24.8. The number of ether oxygens (including phenoxy) is 1. The lowest BCUT2D eigenvalue weighted by molar-refractivity contribution is -0.145. The number of para-hydroxylation sites is 1. The number of nitrogens with zero attached hydrogens (tertiary/aromatic N) is 1. The number of carbonyl (C=O) groups excluding carboxylic acids is 2. The Hall–Kier alpha value is -3.19. The number of piperidine rings is 1. The van der Waals surface area contributed by atoms with Crippen LogP contribution < -0.4 is 15.4 Å². The maximum Gasteiger partial charge on any atom is 0.239 e. The third-order valence-electron chi connectivity index (χ3n) is 5.42. The van der Waals surface area contributed by atoms with Gasteiger partial charge in [0.1, 0.15) is 11.7 Å². The standard InChI is InChI=1S/C22H19N3O3S/c1-22-11-15(14-9-5-6-10-17(14)28-22)18(20(27)25-22)19(26)24-21-23-16(12-29-21)13-7-3-2-4-8-13/h2-10,12,15,18H,11H2,1H3,(H,25,27)(H,23,24,26)/t15-,18-,22+/m1/s1. The molecule has 0 saturated carbocycles. The van der Waals surface area contributed by atoms with Crippen LogP contribution in [0, 0.1) is 5.92 Å². The molecule has 0 unspecified atom stereocenters. The number of thiazole rings is 1. The van der Waals surface area contributed by atoms with E-state index in [0.717, 1.165) is 16.8 Å². The van der Waals surface area contributed by atoms with Gasteiger partial charge in [0.15, 0.2) is 10.9 Å². The summed E-state index contributed by atoms with van der Waals surface area (Å²) in [5, 5.41) is 8.10. The van der Waals surface area contributed by atoms with Crippen molar-refractivity contribution in [2.75, 3.05) is 5.32 Å². The highest BCUT2D eigenvalue weighted by molar-refractivity contribution is 7.14. The summed E-state index contributed by atoms with van der Waals surface area (Å²) in [6.07, 6.45) is 0.543. The van der Waals surface area contributed by atoms with E-state index in [0.29, 0.717) is 17.3 Å². The Morgan fingerprint density at radius 3 is 2.79 bits per heavy atom. The summed E-state index contributed by atoms with van der Waals surface area (Å²) in [6, 6.07) is 17.4. The van der Waals surface area contributed by atoms with Crippen molar-refractivity contribution in [1.82, 2.24) is 10.3 Å². The molecule has 2 bridgehead atoms. The van der Waals surface area contributed by atoms with E-state index in [4.69, 9.17) is 4.74 Å². The van der Waals surface area contributed by atoms with Crippen molar-refractivity contribution in [2.45, 2.75) is 25.0 Å². The lowest BCUT2D eigenvalue weighted by atomic mass is 9.74. The summed E-state index contributed by atoms with van der Waals surface area (Å²) in [4.78, 5) is 30.4. The van der Waals surface area contributed by atoms with Gasteiger partial charge in [-0.1, -0.05) is 48.5 Å². The highest BCUT2D eigenvalue weighted by atomic mass is 32.1. The van der Waals surface area contributed by atoms with Gasteiger partial charge < -0.3 is 15.4 Å². The van der Waals surface area contributed by atoms with Gasteiger partial charge in [0.25, 0.3) is 0 Å². The Bertz CT molecular complexity index is 1100. The fourth-order valence-corrected chi connectivity index (χ4v) is 4.87. The van der Waals surface area contributed by atoms with E-state index in [9.17, 15) is 9.59 Å². The number of benzene rings is 2. The van der Waals surface area contributed by atoms with Crippen LogP contribution in [-0.4, -0.2) is 22.5 Å². The highest BCUT2D eigenvalue weighted by Gasteiger charge is 2.51. The molecule has 3 aromatic rings. The van der Waals surface area contributed by atoms with E-state index >= 15 is 0 Å². The monoisotopic (exact) mass is 405 g/mol. The molecule has 6 nitrogen and oxygen atoms in total. The van der Waals surface area contributed by atoms with E-state index in [1.54, 1.807) is 0 Å². The van der Waals surface area contributed by atoms with E-state index in [1.807, 2.05) is 66.9 Å². The molecule has 7 heteroatoms. The van der Waals surface area contributed by atoms with Gasteiger partial charge in [0.05, 0.1) is 5.69 Å². The minimum absolute atomic E-state index is 0.243. The maximum atomic E-state index is 13.1. The van der Waals surface area contributed by atoms with Crippen molar-refractivity contribution in [2.24, 2.45) is 5.92 Å². The van der Waals surface area contributed by atoms with Gasteiger partial charge in [0.2, 0.25) is 11.8 Å². The van der Waals surface area contributed by atoms with E-state index in [1.165, 1.54) is 11.3 Å². The number of aromatic nitrogens is 1. The topological polar surface area (TPSA) is 80.3 Å². The molecule has 2 aliphatic rings. The van der Waals surface area contributed by atoms with E-state index < -0.39 is 11.6 Å². The van der Waals surface area contributed by atoms with Crippen molar-refractivity contribution in [3.05, 3.63) is 65.5 Å². The predicted molar refractivity (Wildman–Crippen MR) is 111 cm³/mol. The lowest BCUT2D eigenvalue weighted by Gasteiger charge is -2.46. The summed E-state index contributed by atoms with van der Waals surface area (Å²) in [5.74, 6) is -1.04. The first-order valence-corrected chi connectivity index (χ1v) is 10.3. The fourth-order valence-electron chi connectivity index (χ4n) is 4.15. The van der Waals surface area contributed by atoms with E-state index in [-0.39, 0.29) is 17.7 Å². The van der Waals surface area contributed by atoms with Crippen LogP contribution in [0.3, 0.4) is 0 Å². The molecule has 3 heterocycles. The summed E-state index contributed by atoms with van der Waals surface area (Å²) < 4.78 is 5.99. The lowest BCUT2D eigenvalue weighted by Crippen LogP contribution is -2.62. The number of nitrogens with one attached hydrogen (secondary N) is 2. The van der Waals surface area contributed by atoms with Crippen molar-refractivity contribution >= 4 is 28.3 Å². The van der Waals surface area contributed by atoms with Gasteiger partial charge >= 0.3 is 0 Å². The van der Waals surface area contributed by atoms with E-state index in [2.05, 4.69) is 15.6 Å². The van der Waals surface area contributed by atoms with Crippen molar-refractivity contribution in [1.29, 1.82) is 0 Å². The quantitative estimate of drug-likeness (QED) is 0.650. The van der Waals surface area contributed by atoms with Crippen molar-refractivity contribution < 1.29 is 14.3 Å². The van der Waals surface area contributed by atoms with Crippen LogP contribution in [0.25, 0.3) is 11.3 Å². The van der Waals surface area contributed by atoms with Gasteiger partial charge in [-0.15, -0.1) is 11.3 Å². The SMILES string of the molecule is C[C@@]12C[C@H](c3ccccc3O1)[C@H](C(=O)Nc1nc(-c3ccccc3)cs1)C(=O)N2. The average Bonchev–Trinajstić information content (AvgIpc) is 3.16. The second-order valence-electron chi connectivity index (χ2n) is 7.54. The smallest absolute Gasteiger partial charge is 0.239 e.